The monoisotopic (exact) mass is 276 g/mol. The Balaban J connectivity index is 1.94. The highest BCUT2D eigenvalue weighted by Crippen LogP contribution is 2.23. The molecule has 5 heteroatoms. The SMILES string of the molecule is Cc1sc(C(=O)NCC(O)c2ccccc2)cc1N. The van der Waals surface area contributed by atoms with Crippen molar-refractivity contribution in [1.82, 2.24) is 5.32 Å². The minimum Gasteiger partial charge on any atom is -0.398 e. The number of rotatable bonds is 4. The maximum absolute atomic E-state index is 11.9. The van der Waals surface area contributed by atoms with Crippen LogP contribution in [0.25, 0.3) is 0 Å². The van der Waals surface area contributed by atoms with Crippen molar-refractivity contribution < 1.29 is 9.90 Å². The summed E-state index contributed by atoms with van der Waals surface area (Å²) in [6.07, 6.45) is -0.705. The number of aliphatic hydroxyl groups excluding tert-OH is 1. The van der Waals surface area contributed by atoms with Crippen LogP contribution in [-0.2, 0) is 0 Å². The van der Waals surface area contributed by atoms with Crippen molar-refractivity contribution in [2.75, 3.05) is 12.3 Å². The van der Waals surface area contributed by atoms with E-state index in [1.807, 2.05) is 37.3 Å². The fourth-order valence-corrected chi connectivity index (χ4v) is 2.54. The van der Waals surface area contributed by atoms with Gasteiger partial charge in [0.1, 0.15) is 0 Å². The Labute approximate surface area is 115 Å². The van der Waals surface area contributed by atoms with Gasteiger partial charge in [0.25, 0.3) is 5.91 Å². The lowest BCUT2D eigenvalue weighted by Gasteiger charge is -2.11. The number of aliphatic hydroxyl groups is 1. The number of aryl methyl sites for hydroxylation is 1. The fraction of sp³-hybridized carbons (Fsp3) is 0.214. The molecular weight excluding hydrogens is 260 g/mol. The van der Waals surface area contributed by atoms with Crippen molar-refractivity contribution in [3.8, 4) is 0 Å². The van der Waals surface area contributed by atoms with Gasteiger partial charge in [0, 0.05) is 17.1 Å². The average Bonchev–Trinajstić information content (AvgIpc) is 2.77. The maximum atomic E-state index is 11.9. The molecule has 1 heterocycles. The van der Waals surface area contributed by atoms with Crippen molar-refractivity contribution >= 4 is 22.9 Å². The summed E-state index contributed by atoms with van der Waals surface area (Å²) in [5.74, 6) is -0.209. The van der Waals surface area contributed by atoms with Crippen molar-refractivity contribution in [2.45, 2.75) is 13.0 Å². The maximum Gasteiger partial charge on any atom is 0.261 e. The number of amides is 1. The van der Waals surface area contributed by atoms with Crippen LogP contribution in [0.3, 0.4) is 0 Å². The van der Waals surface area contributed by atoms with Gasteiger partial charge in [-0.1, -0.05) is 30.3 Å². The molecule has 0 aliphatic heterocycles. The van der Waals surface area contributed by atoms with Crippen LogP contribution in [0.4, 0.5) is 5.69 Å². The summed E-state index contributed by atoms with van der Waals surface area (Å²) in [6, 6.07) is 10.9. The van der Waals surface area contributed by atoms with Crippen LogP contribution < -0.4 is 11.1 Å². The fourth-order valence-electron chi connectivity index (χ4n) is 1.68. The summed E-state index contributed by atoms with van der Waals surface area (Å²) in [4.78, 5) is 13.4. The minimum absolute atomic E-state index is 0.180. The van der Waals surface area contributed by atoms with Crippen LogP contribution >= 0.6 is 11.3 Å². The Morgan fingerprint density at radius 3 is 2.68 bits per heavy atom. The number of anilines is 1. The molecule has 0 saturated carbocycles. The highest BCUT2D eigenvalue weighted by molar-refractivity contribution is 7.14. The molecule has 0 aliphatic rings. The molecule has 0 fully saturated rings. The molecule has 1 aromatic heterocycles. The largest absolute Gasteiger partial charge is 0.398 e. The number of nitrogen functional groups attached to an aromatic ring is 1. The molecule has 1 aromatic carbocycles. The second-order valence-electron chi connectivity index (χ2n) is 4.26. The first-order valence-electron chi connectivity index (χ1n) is 5.95. The van der Waals surface area contributed by atoms with Gasteiger partial charge in [0.05, 0.1) is 11.0 Å². The Morgan fingerprint density at radius 1 is 1.42 bits per heavy atom. The summed E-state index contributed by atoms with van der Waals surface area (Å²) in [5, 5.41) is 12.6. The Bertz CT molecular complexity index is 547. The number of thiophene rings is 1. The summed E-state index contributed by atoms with van der Waals surface area (Å²) < 4.78 is 0. The number of carbonyl (C=O) groups excluding carboxylic acids is 1. The van der Waals surface area contributed by atoms with Crippen LogP contribution in [0.2, 0.25) is 0 Å². The van der Waals surface area contributed by atoms with Crippen molar-refractivity contribution in [1.29, 1.82) is 0 Å². The molecule has 1 atom stereocenters. The molecule has 1 unspecified atom stereocenters. The second-order valence-corrected chi connectivity index (χ2v) is 5.52. The van der Waals surface area contributed by atoms with E-state index in [4.69, 9.17) is 5.73 Å². The minimum atomic E-state index is -0.705. The third kappa shape index (κ3) is 3.33. The van der Waals surface area contributed by atoms with E-state index in [0.29, 0.717) is 10.6 Å². The summed E-state index contributed by atoms with van der Waals surface area (Å²) in [5.41, 5.74) is 7.11. The molecule has 1 amide bonds. The molecule has 4 nitrogen and oxygen atoms in total. The second kappa shape index (κ2) is 5.86. The third-order valence-corrected chi connectivity index (χ3v) is 3.89. The van der Waals surface area contributed by atoms with E-state index in [0.717, 1.165) is 10.4 Å². The molecule has 2 aromatic rings. The normalized spacial score (nSPS) is 12.1. The number of nitrogens with one attached hydrogen (secondary N) is 1. The topological polar surface area (TPSA) is 75.3 Å². The Kier molecular flexibility index (Phi) is 4.19. The van der Waals surface area contributed by atoms with Gasteiger partial charge in [-0.25, -0.2) is 0 Å². The average molecular weight is 276 g/mol. The van der Waals surface area contributed by atoms with Crippen LogP contribution in [0.1, 0.15) is 26.2 Å². The van der Waals surface area contributed by atoms with Gasteiger partial charge in [0.15, 0.2) is 0 Å². The lowest BCUT2D eigenvalue weighted by Crippen LogP contribution is -2.27. The van der Waals surface area contributed by atoms with Gasteiger partial charge in [-0.05, 0) is 18.6 Å². The lowest BCUT2D eigenvalue weighted by molar-refractivity contribution is 0.0920. The van der Waals surface area contributed by atoms with Gasteiger partial charge in [-0.15, -0.1) is 11.3 Å². The summed E-state index contributed by atoms with van der Waals surface area (Å²) in [6.45, 7) is 2.05. The number of nitrogens with two attached hydrogens (primary N) is 1. The molecule has 0 saturated heterocycles. The number of carbonyl (C=O) groups is 1. The number of hydrogen-bond acceptors (Lipinski definition) is 4. The standard InChI is InChI=1S/C14H16N2O2S/c1-9-11(15)7-13(19-9)14(18)16-8-12(17)10-5-3-2-4-6-10/h2-7,12,17H,8,15H2,1H3,(H,16,18). The highest BCUT2D eigenvalue weighted by Gasteiger charge is 2.13. The van der Waals surface area contributed by atoms with Gasteiger partial charge in [-0.3, -0.25) is 4.79 Å². The zero-order valence-electron chi connectivity index (χ0n) is 10.6. The zero-order chi connectivity index (χ0) is 13.8. The molecular formula is C14H16N2O2S. The van der Waals surface area contributed by atoms with Crippen LogP contribution in [0, 0.1) is 6.92 Å². The van der Waals surface area contributed by atoms with E-state index < -0.39 is 6.10 Å². The van der Waals surface area contributed by atoms with Gasteiger partial charge in [-0.2, -0.15) is 0 Å². The zero-order valence-corrected chi connectivity index (χ0v) is 11.4. The first kappa shape index (κ1) is 13.6. The van der Waals surface area contributed by atoms with E-state index in [-0.39, 0.29) is 12.5 Å². The molecule has 0 spiro atoms. The molecule has 0 bridgehead atoms. The first-order valence-corrected chi connectivity index (χ1v) is 6.76. The number of hydrogen-bond donors (Lipinski definition) is 3. The van der Waals surface area contributed by atoms with Crippen molar-refractivity contribution in [2.24, 2.45) is 0 Å². The molecule has 0 aliphatic carbocycles. The lowest BCUT2D eigenvalue weighted by atomic mass is 10.1. The van der Waals surface area contributed by atoms with Crippen LogP contribution in [-0.4, -0.2) is 17.6 Å². The number of benzene rings is 1. The third-order valence-electron chi connectivity index (χ3n) is 2.82. The van der Waals surface area contributed by atoms with Crippen LogP contribution in [0.15, 0.2) is 36.4 Å². The van der Waals surface area contributed by atoms with E-state index in [1.165, 1.54) is 11.3 Å². The van der Waals surface area contributed by atoms with E-state index in [9.17, 15) is 9.90 Å². The Hall–Kier alpha value is -1.85. The predicted octanol–water partition coefficient (Wildman–Crippen LogP) is 2.10. The van der Waals surface area contributed by atoms with E-state index in [2.05, 4.69) is 5.32 Å². The summed E-state index contributed by atoms with van der Waals surface area (Å²) >= 11 is 1.35. The molecule has 2 rings (SSSR count). The quantitative estimate of drug-likeness (QED) is 0.800. The van der Waals surface area contributed by atoms with Gasteiger partial charge < -0.3 is 16.2 Å². The first-order chi connectivity index (χ1) is 9.08. The smallest absolute Gasteiger partial charge is 0.261 e. The van der Waals surface area contributed by atoms with Gasteiger partial charge >= 0.3 is 0 Å². The van der Waals surface area contributed by atoms with E-state index >= 15 is 0 Å². The van der Waals surface area contributed by atoms with Crippen LogP contribution in [0.5, 0.6) is 0 Å². The molecule has 0 radical (unpaired) electrons. The van der Waals surface area contributed by atoms with Gasteiger partial charge in [0.2, 0.25) is 0 Å². The van der Waals surface area contributed by atoms with Crippen molar-refractivity contribution in [3.05, 3.63) is 51.7 Å². The molecule has 100 valence electrons. The Morgan fingerprint density at radius 2 is 2.11 bits per heavy atom. The molecule has 19 heavy (non-hydrogen) atoms. The predicted molar refractivity (Wildman–Crippen MR) is 77.2 cm³/mol. The highest BCUT2D eigenvalue weighted by atomic mass is 32.1. The van der Waals surface area contributed by atoms with E-state index in [1.54, 1.807) is 6.07 Å². The van der Waals surface area contributed by atoms with Crippen molar-refractivity contribution in [3.63, 3.8) is 0 Å². The molecule has 4 N–H and O–H groups in total. The summed E-state index contributed by atoms with van der Waals surface area (Å²) in [7, 11) is 0.